The zero-order chi connectivity index (χ0) is 19.2. The Labute approximate surface area is 171 Å². The number of rotatable bonds is 6. The van der Waals surface area contributed by atoms with E-state index in [0.717, 1.165) is 57.2 Å². The normalized spacial score (nSPS) is 22.9. The van der Waals surface area contributed by atoms with Gasteiger partial charge in [0.15, 0.2) is 0 Å². The van der Waals surface area contributed by atoms with Crippen LogP contribution >= 0.6 is 12.4 Å². The molecule has 0 unspecified atom stereocenters. The molecule has 0 bridgehead atoms. The summed E-state index contributed by atoms with van der Waals surface area (Å²) in [6, 6.07) is 5.06. The molecule has 28 heavy (non-hydrogen) atoms. The molecule has 0 aromatic heterocycles. The first-order chi connectivity index (χ1) is 13.0. The lowest BCUT2D eigenvalue weighted by Gasteiger charge is -2.29. The second-order valence-electron chi connectivity index (χ2n) is 7.89. The summed E-state index contributed by atoms with van der Waals surface area (Å²) >= 11 is 0. The topological polar surface area (TPSA) is 78.4 Å². The molecule has 156 valence electrons. The van der Waals surface area contributed by atoms with Crippen LogP contribution in [0.15, 0.2) is 18.2 Å². The van der Waals surface area contributed by atoms with Gasteiger partial charge in [0.05, 0.1) is 5.56 Å². The van der Waals surface area contributed by atoms with Gasteiger partial charge in [-0.05, 0) is 87.6 Å². The fraction of sp³-hybridized carbons (Fsp3) is 0.619. The standard InChI is InChI=1S/C21H29FN2O3.ClH/c22-19-13-16(15-9-11-23-12-10-15)4-7-18(19)21(27)24-17-5-1-14(2-6-17)3-8-20(25)26;/h4,7,13-15,17,23H,1-3,5-6,8-12H2,(H,24,27)(H,25,26);1H/t14-,17-;. The molecule has 1 aromatic rings. The summed E-state index contributed by atoms with van der Waals surface area (Å²) in [6.45, 7) is 1.90. The van der Waals surface area contributed by atoms with Crippen molar-refractivity contribution in [3.05, 3.63) is 35.1 Å². The molecule has 0 atom stereocenters. The number of nitrogens with one attached hydrogen (secondary N) is 2. The van der Waals surface area contributed by atoms with Gasteiger partial charge in [-0.25, -0.2) is 4.39 Å². The van der Waals surface area contributed by atoms with Gasteiger partial charge < -0.3 is 15.7 Å². The molecule has 1 amide bonds. The fourth-order valence-corrected chi connectivity index (χ4v) is 4.31. The van der Waals surface area contributed by atoms with Crippen LogP contribution in [-0.4, -0.2) is 36.1 Å². The summed E-state index contributed by atoms with van der Waals surface area (Å²) < 4.78 is 14.5. The average Bonchev–Trinajstić information content (AvgIpc) is 2.68. The minimum Gasteiger partial charge on any atom is -0.481 e. The van der Waals surface area contributed by atoms with Gasteiger partial charge in [0.25, 0.3) is 5.91 Å². The van der Waals surface area contributed by atoms with Crippen LogP contribution in [0.5, 0.6) is 0 Å². The van der Waals surface area contributed by atoms with E-state index >= 15 is 0 Å². The van der Waals surface area contributed by atoms with E-state index in [1.54, 1.807) is 6.07 Å². The minimum absolute atomic E-state index is 0. The maximum Gasteiger partial charge on any atom is 0.303 e. The molecular weight excluding hydrogens is 383 g/mol. The second-order valence-corrected chi connectivity index (χ2v) is 7.89. The van der Waals surface area contributed by atoms with E-state index in [-0.39, 0.29) is 36.3 Å². The third-order valence-electron chi connectivity index (χ3n) is 6.00. The van der Waals surface area contributed by atoms with Crippen LogP contribution in [0.2, 0.25) is 0 Å². The highest BCUT2D eigenvalue weighted by molar-refractivity contribution is 5.94. The van der Waals surface area contributed by atoms with Crippen LogP contribution in [0.25, 0.3) is 0 Å². The molecule has 1 aromatic carbocycles. The number of carboxylic acids is 1. The highest BCUT2D eigenvalue weighted by Gasteiger charge is 2.24. The third-order valence-corrected chi connectivity index (χ3v) is 6.00. The first-order valence-corrected chi connectivity index (χ1v) is 10.1. The number of amides is 1. The molecule has 2 fully saturated rings. The summed E-state index contributed by atoms with van der Waals surface area (Å²) in [6.07, 6.45) is 6.37. The van der Waals surface area contributed by atoms with Crippen LogP contribution in [0.3, 0.4) is 0 Å². The summed E-state index contributed by atoms with van der Waals surface area (Å²) in [5.41, 5.74) is 1.09. The van der Waals surface area contributed by atoms with Crippen molar-refractivity contribution in [2.75, 3.05) is 13.1 Å². The molecule has 0 spiro atoms. The van der Waals surface area contributed by atoms with Gasteiger partial charge in [-0.2, -0.15) is 0 Å². The molecule has 5 nitrogen and oxygen atoms in total. The number of aliphatic carboxylic acids is 1. The molecule has 1 aliphatic heterocycles. The lowest BCUT2D eigenvalue weighted by Crippen LogP contribution is -2.38. The molecule has 1 saturated carbocycles. The molecule has 3 N–H and O–H groups in total. The quantitative estimate of drug-likeness (QED) is 0.662. The number of carboxylic acid groups (broad SMARTS) is 1. The Morgan fingerprint density at radius 2 is 1.79 bits per heavy atom. The average molecular weight is 413 g/mol. The highest BCUT2D eigenvalue weighted by atomic mass is 35.5. The summed E-state index contributed by atoms with van der Waals surface area (Å²) in [4.78, 5) is 23.1. The van der Waals surface area contributed by atoms with Crippen molar-refractivity contribution >= 4 is 24.3 Å². The van der Waals surface area contributed by atoms with Crippen LogP contribution < -0.4 is 10.6 Å². The number of hydrogen-bond acceptors (Lipinski definition) is 3. The molecule has 1 saturated heterocycles. The van der Waals surface area contributed by atoms with Crippen molar-refractivity contribution in [1.82, 2.24) is 10.6 Å². The van der Waals surface area contributed by atoms with Crippen LogP contribution in [0.1, 0.15) is 73.2 Å². The first-order valence-electron chi connectivity index (χ1n) is 10.1. The second kappa shape index (κ2) is 10.8. The Bertz CT molecular complexity index is 672. The van der Waals surface area contributed by atoms with Gasteiger partial charge in [0.2, 0.25) is 0 Å². The summed E-state index contributed by atoms with van der Waals surface area (Å²) in [7, 11) is 0. The van der Waals surface area contributed by atoms with E-state index in [0.29, 0.717) is 18.3 Å². The fourth-order valence-electron chi connectivity index (χ4n) is 4.31. The van der Waals surface area contributed by atoms with Gasteiger partial charge >= 0.3 is 5.97 Å². The van der Waals surface area contributed by atoms with Crippen molar-refractivity contribution < 1.29 is 19.1 Å². The number of benzene rings is 1. The predicted molar refractivity (Wildman–Crippen MR) is 109 cm³/mol. The van der Waals surface area contributed by atoms with Gasteiger partial charge in [0, 0.05) is 12.5 Å². The molecule has 3 rings (SSSR count). The summed E-state index contributed by atoms with van der Waals surface area (Å²) in [5, 5.41) is 15.0. The number of carbonyl (C=O) groups is 2. The monoisotopic (exact) mass is 412 g/mol. The number of carbonyl (C=O) groups excluding carboxylic acids is 1. The Hall–Kier alpha value is -1.66. The maximum absolute atomic E-state index is 14.5. The molecular formula is C21H30ClFN2O3. The zero-order valence-electron chi connectivity index (χ0n) is 16.1. The predicted octanol–water partition coefficient (Wildman–Crippen LogP) is 3.87. The van der Waals surface area contributed by atoms with Crippen LogP contribution in [-0.2, 0) is 4.79 Å². The molecule has 2 aliphatic rings. The molecule has 1 aliphatic carbocycles. The Kier molecular flexibility index (Phi) is 8.70. The van der Waals surface area contributed by atoms with Crippen molar-refractivity contribution in [1.29, 1.82) is 0 Å². The lowest BCUT2D eigenvalue weighted by atomic mass is 9.83. The highest BCUT2D eigenvalue weighted by Crippen LogP contribution is 2.29. The van der Waals surface area contributed by atoms with Crippen molar-refractivity contribution in [3.63, 3.8) is 0 Å². The van der Waals surface area contributed by atoms with Crippen LogP contribution in [0, 0.1) is 11.7 Å². The minimum atomic E-state index is -0.756. The largest absolute Gasteiger partial charge is 0.481 e. The Morgan fingerprint density at radius 3 is 2.39 bits per heavy atom. The van der Waals surface area contributed by atoms with E-state index in [1.165, 1.54) is 6.07 Å². The van der Waals surface area contributed by atoms with Gasteiger partial charge in [0.1, 0.15) is 5.82 Å². The van der Waals surface area contributed by atoms with Crippen LogP contribution in [0.4, 0.5) is 4.39 Å². The molecule has 0 radical (unpaired) electrons. The Balaban J connectivity index is 0.00000280. The van der Waals surface area contributed by atoms with E-state index in [1.807, 2.05) is 6.07 Å². The smallest absolute Gasteiger partial charge is 0.303 e. The van der Waals surface area contributed by atoms with E-state index in [9.17, 15) is 14.0 Å². The number of piperidine rings is 1. The SMILES string of the molecule is Cl.O=C(O)CC[C@H]1CC[C@H](NC(=O)c2ccc(C3CCNCC3)cc2F)CC1. The van der Waals surface area contributed by atoms with E-state index in [4.69, 9.17) is 5.11 Å². The van der Waals surface area contributed by atoms with Crippen molar-refractivity contribution in [2.45, 2.75) is 63.3 Å². The lowest BCUT2D eigenvalue weighted by molar-refractivity contribution is -0.137. The van der Waals surface area contributed by atoms with Crippen molar-refractivity contribution in [2.24, 2.45) is 5.92 Å². The van der Waals surface area contributed by atoms with E-state index in [2.05, 4.69) is 10.6 Å². The zero-order valence-corrected chi connectivity index (χ0v) is 16.9. The Morgan fingerprint density at radius 1 is 1.11 bits per heavy atom. The van der Waals surface area contributed by atoms with Gasteiger partial charge in [-0.3, -0.25) is 9.59 Å². The van der Waals surface area contributed by atoms with Gasteiger partial charge in [-0.15, -0.1) is 12.4 Å². The molecule has 1 heterocycles. The third kappa shape index (κ3) is 6.17. The maximum atomic E-state index is 14.5. The number of halogens is 2. The van der Waals surface area contributed by atoms with E-state index < -0.39 is 11.8 Å². The first kappa shape index (κ1) is 22.6. The van der Waals surface area contributed by atoms with Crippen molar-refractivity contribution in [3.8, 4) is 0 Å². The van der Waals surface area contributed by atoms with Gasteiger partial charge in [-0.1, -0.05) is 6.07 Å². The molecule has 7 heteroatoms. The summed E-state index contributed by atoms with van der Waals surface area (Å²) in [5.74, 6) is -0.778. The number of hydrogen-bond donors (Lipinski definition) is 3.